The van der Waals surface area contributed by atoms with Gasteiger partial charge in [0.1, 0.15) is 5.82 Å². The molecule has 2 heteroatoms. The first-order valence-electron chi connectivity index (χ1n) is 6.23. The first kappa shape index (κ1) is 11.4. The second-order valence-corrected chi connectivity index (χ2v) is 5.00. The maximum Gasteiger partial charge on any atom is 0.123 e. The molecule has 92 valence electrons. The van der Waals surface area contributed by atoms with Gasteiger partial charge in [-0.1, -0.05) is 36.4 Å². The first-order chi connectivity index (χ1) is 8.67. The molecule has 0 aromatic heterocycles. The van der Waals surface area contributed by atoms with Crippen LogP contribution in [0.2, 0.25) is 0 Å². The van der Waals surface area contributed by atoms with Crippen LogP contribution in [0, 0.1) is 5.82 Å². The van der Waals surface area contributed by atoms with Crippen LogP contribution in [-0.4, -0.2) is 5.11 Å². The molecule has 0 bridgehead atoms. The Morgan fingerprint density at radius 3 is 2.67 bits per heavy atom. The average Bonchev–Trinajstić information content (AvgIpc) is 2.67. The van der Waals surface area contributed by atoms with Gasteiger partial charge >= 0.3 is 0 Å². The van der Waals surface area contributed by atoms with Gasteiger partial charge in [-0.2, -0.15) is 0 Å². The van der Waals surface area contributed by atoms with Gasteiger partial charge in [-0.3, -0.25) is 0 Å². The van der Waals surface area contributed by atoms with Gasteiger partial charge in [0.2, 0.25) is 0 Å². The van der Waals surface area contributed by atoms with E-state index in [2.05, 4.69) is 0 Å². The largest absolute Gasteiger partial charge is 0.385 e. The number of fused-ring (bicyclic) bond motifs is 1. The molecule has 1 N–H and O–H groups in total. The van der Waals surface area contributed by atoms with E-state index >= 15 is 0 Å². The molecule has 3 rings (SSSR count). The molecule has 1 atom stereocenters. The van der Waals surface area contributed by atoms with Crippen LogP contribution in [0.25, 0.3) is 0 Å². The Morgan fingerprint density at radius 2 is 1.89 bits per heavy atom. The minimum atomic E-state index is -0.843. The molecule has 0 aliphatic heterocycles. The minimum Gasteiger partial charge on any atom is -0.385 e. The van der Waals surface area contributed by atoms with Crippen molar-refractivity contribution in [2.75, 3.05) is 0 Å². The van der Waals surface area contributed by atoms with Crippen LogP contribution in [0.4, 0.5) is 4.39 Å². The lowest BCUT2D eigenvalue weighted by molar-refractivity contribution is 0.0389. The molecule has 0 radical (unpaired) electrons. The van der Waals surface area contributed by atoms with Crippen molar-refractivity contribution in [1.82, 2.24) is 0 Å². The number of benzene rings is 2. The van der Waals surface area contributed by atoms with Crippen LogP contribution < -0.4 is 0 Å². The van der Waals surface area contributed by atoms with Crippen molar-refractivity contribution < 1.29 is 9.50 Å². The third kappa shape index (κ3) is 1.93. The molecular weight excluding hydrogens is 227 g/mol. The quantitative estimate of drug-likeness (QED) is 0.857. The lowest BCUT2D eigenvalue weighted by Crippen LogP contribution is -2.25. The van der Waals surface area contributed by atoms with Crippen molar-refractivity contribution in [1.29, 1.82) is 0 Å². The van der Waals surface area contributed by atoms with E-state index in [1.807, 2.05) is 30.3 Å². The summed E-state index contributed by atoms with van der Waals surface area (Å²) in [6.45, 7) is 0. The maximum absolute atomic E-state index is 13.2. The zero-order valence-corrected chi connectivity index (χ0v) is 10.1. The van der Waals surface area contributed by atoms with Crippen LogP contribution in [-0.2, 0) is 18.4 Å². The predicted octanol–water partition coefficient (Wildman–Crippen LogP) is 3.20. The number of rotatable bonds is 2. The van der Waals surface area contributed by atoms with Crippen LogP contribution in [0.1, 0.15) is 23.1 Å². The Morgan fingerprint density at radius 1 is 1.11 bits per heavy atom. The summed E-state index contributed by atoms with van der Waals surface area (Å²) in [5.41, 5.74) is 2.09. The van der Waals surface area contributed by atoms with Crippen molar-refractivity contribution in [3.8, 4) is 0 Å². The van der Waals surface area contributed by atoms with Crippen LogP contribution in [0.3, 0.4) is 0 Å². The summed E-state index contributed by atoms with van der Waals surface area (Å²) >= 11 is 0. The summed E-state index contributed by atoms with van der Waals surface area (Å²) in [7, 11) is 0. The number of hydrogen-bond donors (Lipinski definition) is 1. The van der Waals surface area contributed by atoms with Gasteiger partial charge in [0.05, 0.1) is 5.60 Å². The second-order valence-electron chi connectivity index (χ2n) is 5.00. The first-order valence-corrected chi connectivity index (χ1v) is 6.23. The summed E-state index contributed by atoms with van der Waals surface area (Å²) in [4.78, 5) is 0. The normalized spacial score (nSPS) is 21.9. The topological polar surface area (TPSA) is 20.2 Å². The summed E-state index contributed by atoms with van der Waals surface area (Å²) in [5, 5.41) is 10.8. The molecule has 0 amide bonds. The highest BCUT2D eigenvalue weighted by Crippen LogP contribution is 2.39. The number of hydrogen-bond acceptors (Lipinski definition) is 1. The fraction of sp³-hybridized carbons (Fsp3) is 0.250. The third-order valence-electron chi connectivity index (χ3n) is 3.72. The number of aliphatic hydroxyl groups is 1. The van der Waals surface area contributed by atoms with Crippen molar-refractivity contribution in [2.45, 2.75) is 24.9 Å². The second kappa shape index (κ2) is 4.21. The highest BCUT2D eigenvalue weighted by atomic mass is 19.1. The molecule has 0 heterocycles. The van der Waals surface area contributed by atoms with Gasteiger partial charge in [0.15, 0.2) is 0 Å². The number of aryl methyl sites for hydroxylation is 1. The Labute approximate surface area is 106 Å². The van der Waals surface area contributed by atoms with Crippen molar-refractivity contribution >= 4 is 0 Å². The molecule has 1 nitrogen and oxygen atoms in total. The molecule has 0 saturated carbocycles. The van der Waals surface area contributed by atoms with E-state index in [0.29, 0.717) is 12.8 Å². The Hall–Kier alpha value is -1.67. The van der Waals surface area contributed by atoms with E-state index in [4.69, 9.17) is 0 Å². The minimum absolute atomic E-state index is 0.224. The SMILES string of the molecule is OC1(Cc2ccccc2)CCc2cc(F)ccc21. The standard InChI is InChI=1S/C16H15FO/c17-14-6-7-15-13(10-14)8-9-16(15,18)11-12-4-2-1-3-5-12/h1-7,10,18H,8-9,11H2. The van der Waals surface area contributed by atoms with E-state index in [1.165, 1.54) is 12.1 Å². The molecule has 18 heavy (non-hydrogen) atoms. The van der Waals surface area contributed by atoms with Crippen molar-refractivity contribution in [2.24, 2.45) is 0 Å². The zero-order valence-electron chi connectivity index (χ0n) is 10.1. The third-order valence-corrected chi connectivity index (χ3v) is 3.72. The van der Waals surface area contributed by atoms with Gasteiger partial charge in [-0.25, -0.2) is 4.39 Å². The summed E-state index contributed by atoms with van der Waals surface area (Å²) < 4.78 is 13.2. The van der Waals surface area contributed by atoms with E-state index < -0.39 is 5.60 Å². The number of halogens is 1. The smallest absolute Gasteiger partial charge is 0.123 e. The van der Waals surface area contributed by atoms with Crippen LogP contribution >= 0.6 is 0 Å². The fourth-order valence-corrected chi connectivity index (χ4v) is 2.82. The van der Waals surface area contributed by atoms with E-state index in [1.54, 1.807) is 6.07 Å². The highest BCUT2D eigenvalue weighted by Gasteiger charge is 2.36. The fourth-order valence-electron chi connectivity index (χ4n) is 2.82. The molecule has 1 aliphatic carbocycles. The van der Waals surface area contributed by atoms with Gasteiger partial charge in [-0.05, 0) is 41.7 Å². The molecule has 2 aromatic rings. The van der Waals surface area contributed by atoms with Crippen LogP contribution in [0.15, 0.2) is 48.5 Å². The molecule has 1 unspecified atom stereocenters. The predicted molar refractivity (Wildman–Crippen MR) is 68.8 cm³/mol. The highest BCUT2D eigenvalue weighted by molar-refractivity contribution is 5.39. The molecule has 0 spiro atoms. The zero-order chi connectivity index (χ0) is 12.6. The Kier molecular flexibility index (Phi) is 2.67. The van der Waals surface area contributed by atoms with E-state index in [-0.39, 0.29) is 5.82 Å². The van der Waals surface area contributed by atoms with Gasteiger partial charge in [0, 0.05) is 6.42 Å². The molecule has 0 saturated heterocycles. The van der Waals surface area contributed by atoms with E-state index in [9.17, 15) is 9.50 Å². The van der Waals surface area contributed by atoms with Crippen molar-refractivity contribution in [3.63, 3.8) is 0 Å². The monoisotopic (exact) mass is 242 g/mol. The lowest BCUT2D eigenvalue weighted by Gasteiger charge is -2.24. The Bertz CT molecular complexity index is 565. The molecular formula is C16H15FO. The van der Waals surface area contributed by atoms with Crippen LogP contribution in [0.5, 0.6) is 0 Å². The van der Waals surface area contributed by atoms with E-state index in [0.717, 1.165) is 23.1 Å². The summed E-state index contributed by atoms with van der Waals surface area (Å²) in [6.07, 6.45) is 2.00. The molecule has 1 aliphatic rings. The van der Waals surface area contributed by atoms with Gasteiger partial charge in [0.25, 0.3) is 0 Å². The van der Waals surface area contributed by atoms with Gasteiger partial charge in [-0.15, -0.1) is 0 Å². The molecule has 0 fully saturated rings. The lowest BCUT2D eigenvalue weighted by atomic mass is 9.89. The summed E-state index contributed by atoms with van der Waals surface area (Å²) in [5.74, 6) is -0.224. The Balaban J connectivity index is 1.94. The summed E-state index contributed by atoms with van der Waals surface area (Å²) in [6, 6.07) is 14.6. The maximum atomic E-state index is 13.2. The van der Waals surface area contributed by atoms with Gasteiger partial charge < -0.3 is 5.11 Å². The molecule has 2 aromatic carbocycles. The average molecular weight is 242 g/mol. The van der Waals surface area contributed by atoms with Crippen molar-refractivity contribution in [3.05, 3.63) is 71.0 Å².